The highest BCUT2D eigenvalue weighted by Crippen LogP contribution is 2.33. The summed E-state index contributed by atoms with van der Waals surface area (Å²) < 4.78 is 27.7. The van der Waals surface area contributed by atoms with Crippen LogP contribution < -0.4 is 5.73 Å². The molecule has 0 aliphatic carbocycles. The fourth-order valence-electron chi connectivity index (χ4n) is 2.46. The number of halogens is 1. The monoisotopic (exact) mass is 395 g/mol. The molecule has 1 unspecified atom stereocenters. The molecule has 1 saturated heterocycles. The summed E-state index contributed by atoms with van der Waals surface area (Å²) in [4.78, 5) is 3.57. The molecule has 2 heterocycles. The molecule has 0 radical (unpaired) electrons. The molecule has 2 N–H and O–H groups in total. The van der Waals surface area contributed by atoms with Crippen molar-refractivity contribution in [2.45, 2.75) is 37.8 Å². The van der Waals surface area contributed by atoms with Gasteiger partial charge in [-0.2, -0.15) is 4.31 Å². The molecule has 2 rings (SSSR count). The van der Waals surface area contributed by atoms with Gasteiger partial charge in [0.1, 0.15) is 4.90 Å². The molecule has 21 heavy (non-hydrogen) atoms. The van der Waals surface area contributed by atoms with E-state index in [-0.39, 0.29) is 0 Å². The van der Waals surface area contributed by atoms with Gasteiger partial charge in [0.2, 0.25) is 10.0 Å². The summed E-state index contributed by atoms with van der Waals surface area (Å²) in [5.74, 6) is 0. The van der Waals surface area contributed by atoms with Gasteiger partial charge < -0.3 is 5.73 Å². The van der Waals surface area contributed by atoms with Crippen LogP contribution in [0.15, 0.2) is 14.7 Å². The highest BCUT2D eigenvalue weighted by molar-refractivity contribution is 9.11. The Bertz CT molecular complexity index is 580. The Labute approximate surface area is 139 Å². The van der Waals surface area contributed by atoms with E-state index in [0.29, 0.717) is 34.4 Å². The molecule has 0 amide bonds. The van der Waals surface area contributed by atoms with E-state index in [4.69, 9.17) is 5.73 Å². The zero-order valence-corrected chi connectivity index (χ0v) is 15.6. The quantitative estimate of drug-likeness (QED) is 0.828. The lowest BCUT2D eigenvalue weighted by molar-refractivity contribution is 0.142. The minimum Gasteiger partial charge on any atom is -0.326 e. The number of hydrogen-bond donors (Lipinski definition) is 1. The van der Waals surface area contributed by atoms with Crippen molar-refractivity contribution in [2.75, 3.05) is 26.2 Å². The molecule has 8 heteroatoms. The van der Waals surface area contributed by atoms with Crippen LogP contribution in [-0.4, -0.2) is 49.8 Å². The number of nitrogens with two attached hydrogens (primary N) is 1. The highest BCUT2D eigenvalue weighted by Gasteiger charge is 2.31. The lowest BCUT2D eigenvalue weighted by atomic mass is 10.2. The summed E-state index contributed by atoms with van der Waals surface area (Å²) in [6.45, 7) is 7.39. The molecule has 1 aromatic rings. The van der Waals surface area contributed by atoms with Crippen molar-refractivity contribution in [1.29, 1.82) is 0 Å². The van der Waals surface area contributed by atoms with Gasteiger partial charge in [0, 0.05) is 43.6 Å². The standard InChI is InChI=1S/C13H22BrN3O2S2/c1-3-10(2)16-4-6-17(7-5-16)21(18,19)12-8-11(9-15)20-13(12)14/h8,10H,3-7,9,15H2,1-2H3. The van der Waals surface area contributed by atoms with Crippen LogP contribution in [0.3, 0.4) is 0 Å². The zero-order chi connectivity index (χ0) is 15.6. The van der Waals surface area contributed by atoms with E-state index in [0.717, 1.165) is 24.4 Å². The Balaban J connectivity index is 2.13. The third-order valence-electron chi connectivity index (χ3n) is 4.01. The van der Waals surface area contributed by atoms with E-state index < -0.39 is 10.0 Å². The van der Waals surface area contributed by atoms with Gasteiger partial charge in [-0.25, -0.2) is 8.42 Å². The van der Waals surface area contributed by atoms with Crippen LogP contribution >= 0.6 is 27.3 Å². The molecule has 1 atom stereocenters. The maximum absolute atomic E-state index is 12.7. The summed E-state index contributed by atoms with van der Waals surface area (Å²) in [5, 5.41) is 0. The summed E-state index contributed by atoms with van der Waals surface area (Å²) in [7, 11) is -3.42. The zero-order valence-electron chi connectivity index (χ0n) is 12.4. The van der Waals surface area contributed by atoms with Crippen LogP contribution in [0.4, 0.5) is 0 Å². The molecular weight excluding hydrogens is 374 g/mol. The predicted molar refractivity (Wildman–Crippen MR) is 90.0 cm³/mol. The van der Waals surface area contributed by atoms with Crippen molar-refractivity contribution in [3.8, 4) is 0 Å². The smallest absolute Gasteiger partial charge is 0.245 e. The number of hydrogen-bond acceptors (Lipinski definition) is 5. The lowest BCUT2D eigenvalue weighted by Crippen LogP contribution is -2.51. The minimum absolute atomic E-state index is 0.352. The molecule has 1 aromatic heterocycles. The van der Waals surface area contributed by atoms with E-state index in [1.165, 1.54) is 11.3 Å². The van der Waals surface area contributed by atoms with Crippen molar-refractivity contribution < 1.29 is 8.42 Å². The van der Waals surface area contributed by atoms with Gasteiger partial charge in [-0.3, -0.25) is 4.90 Å². The number of rotatable bonds is 5. The van der Waals surface area contributed by atoms with Crippen LogP contribution in [0.2, 0.25) is 0 Å². The topological polar surface area (TPSA) is 66.6 Å². The Morgan fingerprint density at radius 1 is 1.38 bits per heavy atom. The van der Waals surface area contributed by atoms with Gasteiger partial charge >= 0.3 is 0 Å². The summed E-state index contributed by atoms with van der Waals surface area (Å²) in [6, 6.07) is 2.19. The Hall–Kier alpha value is 0.01000. The second-order valence-corrected chi connectivity index (χ2v) is 9.61. The number of nitrogens with zero attached hydrogens (tertiary/aromatic N) is 2. The fraction of sp³-hybridized carbons (Fsp3) is 0.692. The van der Waals surface area contributed by atoms with Crippen molar-refractivity contribution in [3.05, 3.63) is 14.7 Å². The van der Waals surface area contributed by atoms with Crippen LogP contribution in [0.5, 0.6) is 0 Å². The van der Waals surface area contributed by atoms with Gasteiger partial charge in [-0.15, -0.1) is 11.3 Å². The van der Waals surface area contributed by atoms with Crippen molar-refractivity contribution in [3.63, 3.8) is 0 Å². The van der Waals surface area contributed by atoms with E-state index in [9.17, 15) is 8.42 Å². The summed E-state index contributed by atoms with van der Waals surface area (Å²) >= 11 is 4.74. The Morgan fingerprint density at radius 2 is 2.00 bits per heavy atom. The van der Waals surface area contributed by atoms with Gasteiger partial charge in [0.05, 0.1) is 3.79 Å². The fourth-order valence-corrected chi connectivity index (χ4v) is 6.39. The summed E-state index contributed by atoms with van der Waals surface area (Å²) in [5.41, 5.74) is 5.60. The molecule has 1 aliphatic heterocycles. The van der Waals surface area contributed by atoms with Crippen molar-refractivity contribution in [1.82, 2.24) is 9.21 Å². The first-order valence-corrected chi connectivity index (χ1v) is 10.2. The van der Waals surface area contributed by atoms with Crippen LogP contribution in [0.1, 0.15) is 25.1 Å². The maximum Gasteiger partial charge on any atom is 0.245 e. The molecule has 5 nitrogen and oxygen atoms in total. The third-order valence-corrected chi connectivity index (χ3v) is 8.19. The van der Waals surface area contributed by atoms with Gasteiger partial charge in [-0.05, 0) is 35.3 Å². The molecule has 0 bridgehead atoms. The largest absolute Gasteiger partial charge is 0.326 e. The molecule has 0 aromatic carbocycles. The second kappa shape index (κ2) is 7.06. The van der Waals surface area contributed by atoms with Gasteiger partial charge in [0.25, 0.3) is 0 Å². The first-order chi connectivity index (χ1) is 9.90. The Kier molecular flexibility index (Phi) is 5.84. The third kappa shape index (κ3) is 3.68. The first-order valence-electron chi connectivity index (χ1n) is 7.12. The predicted octanol–water partition coefficient (Wildman–Crippen LogP) is 2.07. The van der Waals surface area contributed by atoms with E-state index in [1.807, 2.05) is 0 Å². The van der Waals surface area contributed by atoms with Crippen molar-refractivity contribution >= 4 is 37.3 Å². The molecule has 1 fully saturated rings. The van der Waals surface area contributed by atoms with Crippen LogP contribution in [0.25, 0.3) is 0 Å². The molecule has 0 saturated carbocycles. The number of sulfonamides is 1. The van der Waals surface area contributed by atoms with E-state index >= 15 is 0 Å². The average Bonchev–Trinajstić information content (AvgIpc) is 2.88. The van der Waals surface area contributed by atoms with Gasteiger partial charge in [-0.1, -0.05) is 6.92 Å². The highest BCUT2D eigenvalue weighted by atomic mass is 79.9. The second-order valence-electron chi connectivity index (χ2n) is 5.25. The van der Waals surface area contributed by atoms with E-state index in [2.05, 4.69) is 34.7 Å². The normalized spacial score (nSPS) is 19.8. The molecular formula is C13H22BrN3O2S2. The lowest BCUT2D eigenvalue weighted by Gasteiger charge is -2.37. The SMILES string of the molecule is CCC(C)N1CCN(S(=O)(=O)c2cc(CN)sc2Br)CC1. The number of piperazine rings is 1. The number of thiophene rings is 1. The van der Waals surface area contributed by atoms with Crippen LogP contribution in [0, 0.1) is 0 Å². The molecule has 120 valence electrons. The Morgan fingerprint density at radius 3 is 2.48 bits per heavy atom. The van der Waals surface area contributed by atoms with Gasteiger partial charge in [0.15, 0.2) is 0 Å². The molecule has 0 spiro atoms. The van der Waals surface area contributed by atoms with Crippen LogP contribution in [-0.2, 0) is 16.6 Å². The molecule has 1 aliphatic rings. The maximum atomic E-state index is 12.7. The summed E-state index contributed by atoms with van der Waals surface area (Å²) in [6.07, 6.45) is 1.09. The van der Waals surface area contributed by atoms with Crippen molar-refractivity contribution in [2.24, 2.45) is 5.73 Å². The van der Waals surface area contributed by atoms with E-state index in [1.54, 1.807) is 10.4 Å². The average molecular weight is 396 g/mol. The minimum atomic E-state index is -3.42. The first kappa shape index (κ1) is 17.4.